The Morgan fingerprint density at radius 1 is 0.625 bits per heavy atom. The van der Waals surface area contributed by atoms with E-state index in [4.69, 9.17) is 78.7 Å². The lowest BCUT2D eigenvalue weighted by Gasteiger charge is -2.09. The van der Waals surface area contributed by atoms with Gasteiger partial charge in [-0.3, -0.25) is 0 Å². The monoisotopic (exact) mass is 836 g/mol. The molecule has 2 N–H and O–H groups in total. The Bertz CT molecular complexity index is 1680. The number of anilines is 2. The summed E-state index contributed by atoms with van der Waals surface area (Å²) in [4.78, 5) is -0.427. The van der Waals surface area contributed by atoms with E-state index in [9.17, 15) is 16.8 Å². The minimum Gasteiger partial charge on any atom is -0.336 e. The summed E-state index contributed by atoms with van der Waals surface area (Å²) in [5.41, 5.74) is 1.01. The molecule has 0 radical (unpaired) electrons. The van der Waals surface area contributed by atoms with E-state index in [1.807, 2.05) is 0 Å². The molecule has 2 aromatic heterocycles. The molecule has 0 aliphatic rings. The highest BCUT2D eigenvalue weighted by Crippen LogP contribution is 2.38. The number of halogens is 8. The van der Waals surface area contributed by atoms with Gasteiger partial charge >= 0.3 is 0 Å². The van der Waals surface area contributed by atoms with Crippen LogP contribution in [0.1, 0.15) is 11.4 Å². The quantitative estimate of drug-likeness (QED) is 0.183. The van der Waals surface area contributed by atoms with Gasteiger partial charge in [0.1, 0.15) is 18.7 Å². The van der Waals surface area contributed by atoms with Crippen LogP contribution >= 0.6 is 101 Å². The number of nitrogens with zero attached hydrogens (tertiary/aromatic N) is 2. The number of hydrogen-bond acceptors (Lipinski definition) is 8. The van der Waals surface area contributed by atoms with Gasteiger partial charge in [-0.15, -0.1) is 0 Å². The van der Waals surface area contributed by atoms with E-state index in [1.54, 1.807) is 13.8 Å². The topological polar surface area (TPSA) is 144 Å². The van der Waals surface area contributed by atoms with E-state index in [2.05, 4.69) is 51.6 Å². The Hall–Kier alpha value is -0.940. The Morgan fingerprint density at radius 2 is 0.950 bits per heavy atom. The van der Waals surface area contributed by atoms with Gasteiger partial charge in [-0.05, 0) is 70.0 Å². The average molecular weight is 841 g/mol. The van der Waals surface area contributed by atoms with Crippen LogP contribution in [0, 0.1) is 13.8 Å². The standard InChI is InChI=1S/2C10H6BrCl3N2O3S/c2*1-4-7(11)10(19-15-4)16-20(17,18)6-3-2-5(12)8(13)9(6)14/h2*2-3,16H,1H3. The molecular formula is C20H12Br2Cl6N4O6S2. The highest BCUT2D eigenvalue weighted by atomic mass is 79.9. The second-order valence-electron chi connectivity index (χ2n) is 7.38. The second-order valence-corrected chi connectivity index (χ2v) is 14.6. The van der Waals surface area contributed by atoms with Gasteiger partial charge in [0.25, 0.3) is 31.8 Å². The molecule has 40 heavy (non-hydrogen) atoms. The fourth-order valence-electron chi connectivity index (χ4n) is 2.63. The van der Waals surface area contributed by atoms with Crippen LogP contribution in [0.5, 0.6) is 0 Å². The second kappa shape index (κ2) is 13.1. The van der Waals surface area contributed by atoms with Crippen LogP contribution in [0.25, 0.3) is 0 Å². The van der Waals surface area contributed by atoms with E-state index in [-0.39, 0.29) is 51.7 Å². The summed E-state index contributed by atoms with van der Waals surface area (Å²) in [6.07, 6.45) is 0. The summed E-state index contributed by atoms with van der Waals surface area (Å²) in [6, 6.07) is 5.17. The maximum atomic E-state index is 12.2. The van der Waals surface area contributed by atoms with Crippen LogP contribution < -0.4 is 9.44 Å². The molecule has 4 rings (SSSR count). The van der Waals surface area contributed by atoms with Crippen molar-refractivity contribution < 1.29 is 25.9 Å². The zero-order valence-corrected chi connectivity index (χ0v) is 28.8. The Labute approximate surface area is 274 Å². The van der Waals surface area contributed by atoms with Crippen molar-refractivity contribution in [3.05, 3.63) is 74.7 Å². The third-order valence-corrected chi connectivity index (χ3v) is 12.0. The highest BCUT2D eigenvalue weighted by molar-refractivity contribution is 9.11. The van der Waals surface area contributed by atoms with Crippen molar-refractivity contribution in [1.29, 1.82) is 0 Å². The molecule has 2 aromatic carbocycles. The largest absolute Gasteiger partial charge is 0.336 e. The molecule has 0 fully saturated rings. The van der Waals surface area contributed by atoms with Crippen molar-refractivity contribution in [2.24, 2.45) is 0 Å². The van der Waals surface area contributed by atoms with Crippen LogP contribution in [0.2, 0.25) is 30.1 Å². The fourth-order valence-corrected chi connectivity index (χ4v) is 7.33. The lowest BCUT2D eigenvalue weighted by atomic mass is 10.4. The van der Waals surface area contributed by atoms with Crippen LogP contribution in [-0.2, 0) is 20.0 Å². The third-order valence-electron chi connectivity index (χ3n) is 4.61. The first-order valence-electron chi connectivity index (χ1n) is 10.0. The number of rotatable bonds is 6. The normalized spacial score (nSPS) is 11.7. The Balaban J connectivity index is 0.000000220. The van der Waals surface area contributed by atoms with Crippen molar-refractivity contribution in [3.8, 4) is 0 Å². The molecule has 10 nitrogen and oxygen atoms in total. The lowest BCUT2D eigenvalue weighted by molar-refractivity contribution is 0.430. The smallest absolute Gasteiger partial charge is 0.265 e. The van der Waals surface area contributed by atoms with E-state index in [0.717, 1.165) is 0 Å². The number of sulfonamides is 2. The molecule has 0 bridgehead atoms. The average Bonchev–Trinajstić information content (AvgIpc) is 3.35. The summed E-state index contributed by atoms with van der Waals surface area (Å²) in [6.45, 7) is 3.30. The molecule has 0 saturated carbocycles. The molecule has 0 aliphatic carbocycles. The molecule has 0 unspecified atom stereocenters. The highest BCUT2D eigenvalue weighted by Gasteiger charge is 2.25. The molecule has 0 amide bonds. The summed E-state index contributed by atoms with van der Waals surface area (Å²) < 4.78 is 63.9. The third kappa shape index (κ3) is 7.33. The van der Waals surface area contributed by atoms with Crippen molar-refractivity contribution in [1.82, 2.24) is 10.3 Å². The van der Waals surface area contributed by atoms with Crippen LogP contribution in [0.4, 0.5) is 11.8 Å². The van der Waals surface area contributed by atoms with E-state index in [0.29, 0.717) is 20.3 Å². The van der Waals surface area contributed by atoms with E-state index >= 15 is 0 Å². The van der Waals surface area contributed by atoms with Crippen molar-refractivity contribution >= 4 is 133 Å². The number of benzene rings is 2. The van der Waals surface area contributed by atoms with Gasteiger partial charge in [0.15, 0.2) is 0 Å². The zero-order chi connectivity index (χ0) is 30.2. The molecule has 2 heterocycles. The van der Waals surface area contributed by atoms with Gasteiger partial charge < -0.3 is 9.05 Å². The van der Waals surface area contributed by atoms with Gasteiger partial charge in [0.05, 0.1) is 41.5 Å². The maximum absolute atomic E-state index is 12.2. The first-order valence-corrected chi connectivity index (χ1v) is 16.9. The van der Waals surface area contributed by atoms with Gasteiger partial charge in [0.2, 0.25) is 0 Å². The van der Waals surface area contributed by atoms with Crippen LogP contribution in [-0.4, -0.2) is 27.1 Å². The van der Waals surface area contributed by atoms with E-state index in [1.165, 1.54) is 24.3 Å². The molecule has 0 spiro atoms. The van der Waals surface area contributed by atoms with Crippen molar-refractivity contribution in [3.63, 3.8) is 0 Å². The molecular weight excluding hydrogens is 829 g/mol. The van der Waals surface area contributed by atoms with Gasteiger partial charge in [-0.2, -0.15) is 0 Å². The first-order chi connectivity index (χ1) is 18.5. The van der Waals surface area contributed by atoms with E-state index < -0.39 is 20.0 Å². The minimum absolute atomic E-state index is 0.0379. The van der Waals surface area contributed by atoms with Gasteiger partial charge in [0, 0.05) is 0 Å². The minimum atomic E-state index is -3.98. The van der Waals surface area contributed by atoms with Crippen molar-refractivity contribution in [2.75, 3.05) is 9.44 Å². The number of aromatic nitrogens is 2. The Kier molecular flexibility index (Phi) is 11.0. The number of aryl methyl sites for hydroxylation is 2. The Morgan fingerprint density at radius 3 is 1.23 bits per heavy atom. The molecule has 216 valence electrons. The van der Waals surface area contributed by atoms with Crippen LogP contribution in [0.3, 0.4) is 0 Å². The number of hydrogen-bond donors (Lipinski definition) is 2. The lowest BCUT2D eigenvalue weighted by Crippen LogP contribution is -2.13. The van der Waals surface area contributed by atoms with Gasteiger partial charge in [-0.25, -0.2) is 26.3 Å². The van der Waals surface area contributed by atoms with Gasteiger partial charge in [-0.1, -0.05) is 79.9 Å². The molecule has 4 aromatic rings. The summed E-state index contributed by atoms with van der Waals surface area (Å²) in [5.74, 6) is -0.103. The first kappa shape index (κ1) is 33.6. The predicted octanol–water partition coefficient (Wildman–Crippen LogP) is 9.01. The summed E-state index contributed by atoms with van der Waals surface area (Å²) in [7, 11) is -7.96. The summed E-state index contributed by atoms with van der Waals surface area (Å²) in [5, 5.41) is 7.15. The zero-order valence-electron chi connectivity index (χ0n) is 19.5. The number of nitrogens with one attached hydrogen (secondary N) is 2. The fraction of sp³-hybridized carbons (Fsp3) is 0.100. The summed E-state index contributed by atoms with van der Waals surface area (Å²) >= 11 is 41.3. The molecule has 0 saturated heterocycles. The predicted molar refractivity (Wildman–Crippen MR) is 162 cm³/mol. The molecule has 20 heteroatoms. The molecule has 0 aliphatic heterocycles. The van der Waals surface area contributed by atoms with Crippen molar-refractivity contribution in [2.45, 2.75) is 23.6 Å². The maximum Gasteiger partial charge on any atom is 0.265 e. The molecule has 0 atom stereocenters. The SMILES string of the molecule is Cc1noc(NS(=O)(=O)c2ccc(Cl)c(Cl)c2Cl)c1Br.Cc1noc(NS(=O)(=O)c2ccc(Cl)c(Cl)c2Cl)c1Br. The van der Waals surface area contributed by atoms with Crippen LogP contribution in [0.15, 0.2) is 52.0 Å².